The Morgan fingerprint density at radius 2 is 2.29 bits per heavy atom. The molecule has 1 saturated carbocycles. The van der Waals surface area contributed by atoms with Gasteiger partial charge in [0.05, 0.1) is 0 Å². The molecule has 1 aliphatic carbocycles. The molecule has 0 aromatic carbocycles. The molecule has 6 heteroatoms. The summed E-state index contributed by atoms with van der Waals surface area (Å²) < 4.78 is 21.1. The third kappa shape index (κ3) is 3.93. The van der Waals surface area contributed by atoms with Gasteiger partial charge < -0.3 is 14.2 Å². The Hall–Kier alpha value is -1.95. The molecule has 5 nitrogen and oxygen atoms in total. The summed E-state index contributed by atoms with van der Waals surface area (Å²) >= 11 is 0. The van der Waals surface area contributed by atoms with Crippen LogP contribution in [0.3, 0.4) is 0 Å². The number of amides is 1. The fourth-order valence-electron chi connectivity index (χ4n) is 3.03. The van der Waals surface area contributed by atoms with Crippen molar-refractivity contribution in [1.82, 2.24) is 9.47 Å². The van der Waals surface area contributed by atoms with E-state index >= 15 is 0 Å². The number of hydrogen-bond donors (Lipinski definition) is 0. The van der Waals surface area contributed by atoms with E-state index in [1.54, 1.807) is 19.4 Å². The Morgan fingerprint density at radius 1 is 1.46 bits per heavy atom. The number of allylic oxidation sites excluding steroid dienone is 1. The lowest BCUT2D eigenvalue weighted by molar-refractivity contribution is -0.119. The summed E-state index contributed by atoms with van der Waals surface area (Å²) in [5.74, 6) is 0.594. The van der Waals surface area contributed by atoms with E-state index in [2.05, 4.69) is 9.56 Å². The van der Waals surface area contributed by atoms with Crippen molar-refractivity contribution in [2.75, 3.05) is 13.7 Å². The summed E-state index contributed by atoms with van der Waals surface area (Å²) in [5, 5.41) is 0. The van der Waals surface area contributed by atoms with Gasteiger partial charge in [-0.1, -0.05) is 0 Å². The maximum absolute atomic E-state index is 13.9. The van der Waals surface area contributed by atoms with Crippen LogP contribution in [0.25, 0.3) is 6.08 Å². The van der Waals surface area contributed by atoms with E-state index in [-0.39, 0.29) is 12.2 Å². The number of hydrogen-bond acceptors (Lipinski definition) is 3. The van der Waals surface area contributed by atoms with Gasteiger partial charge in [0.25, 0.3) is 0 Å². The van der Waals surface area contributed by atoms with E-state index in [1.807, 2.05) is 11.1 Å². The van der Waals surface area contributed by atoms with Crippen LogP contribution in [0.1, 0.15) is 43.2 Å². The highest BCUT2D eigenvalue weighted by atomic mass is 19.1. The van der Waals surface area contributed by atoms with Gasteiger partial charge in [-0.25, -0.2) is 9.38 Å². The number of fused-ring (bicyclic) bond motifs is 1. The Balaban J connectivity index is 1.84. The number of aromatic nitrogens is 1. The second kappa shape index (κ2) is 7.75. The smallest absolute Gasteiger partial charge is 0.210 e. The van der Waals surface area contributed by atoms with Crippen molar-refractivity contribution in [2.24, 2.45) is 4.99 Å². The van der Waals surface area contributed by atoms with Gasteiger partial charge in [0.2, 0.25) is 6.41 Å². The van der Waals surface area contributed by atoms with Crippen LogP contribution in [-0.4, -0.2) is 41.9 Å². The normalized spacial score (nSPS) is 16.5. The second-order valence-corrected chi connectivity index (χ2v) is 6.40. The average molecular weight is 333 g/mol. The van der Waals surface area contributed by atoms with Crippen LogP contribution >= 0.6 is 0 Å². The number of nitrogens with zero attached hydrogens (tertiary/aromatic N) is 3. The van der Waals surface area contributed by atoms with E-state index in [4.69, 9.17) is 4.74 Å². The van der Waals surface area contributed by atoms with Gasteiger partial charge in [-0.3, -0.25) is 4.79 Å². The standard InChI is InChI=1S/C18H24FN3O2/c1-24-9-3-2-8-21-11-14(12-22(13-23)16-4-5-16)17-10-15(19)6-7-20-18(17)21/h7,10-11,13,16H,2-6,8-9,12H2,1H3. The first-order valence-electron chi connectivity index (χ1n) is 8.53. The molecule has 3 rings (SSSR count). The zero-order valence-electron chi connectivity index (χ0n) is 14.1. The van der Waals surface area contributed by atoms with E-state index in [9.17, 15) is 9.18 Å². The van der Waals surface area contributed by atoms with Crippen molar-refractivity contribution < 1.29 is 13.9 Å². The lowest BCUT2D eigenvalue weighted by atomic mass is 10.1. The first-order chi connectivity index (χ1) is 11.7. The van der Waals surface area contributed by atoms with Gasteiger partial charge in [-0.2, -0.15) is 0 Å². The molecule has 130 valence electrons. The molecule has 0 unspecified atom stereocenters. The molecule has 1 amide bonds. The molecule has 0 bridgehead atoms. The highest BCUT2D eigenvalue weighted by Gasteiger charge is 2.29. The van der Waals surface area contributed by atoms with Gasteiger partial charge in [0, 0.05) is 57.2 Å². The summed E-state index contributed by atoms with van der Waals surface area (Å²) in [7, 11) is 1.70. The van der Waals surface area contributed by atoms with Crippen LogP contribution < -0.4 is 0 Å². The number of aliphatic imine (C=N–C) groups is 1. The van der Waals surface area contributed by atoms with E-state index in [1.165, 1.54) is 0 Å². The molecule has 1 aromatic rings. The minimum absolute atomic E-state index is 0.194. The summed E-state index contributed by atoms with van der Waals surface area (Å²) in [5.41, 5.74) is 1.77. The molecule has 1 fully saturated rings. The van der Waals surface area contributed by atoms with Crippen LogP contribution in [-0.2, 0) is 22.6 Å². The Labute approximate surface area is 141 Å². The zero-order valence-corrected chi connectivity index (χ0v) is 14.1. The summed E-state index contributed by atoms with van der Waals surface area (Å²) in [6.45, 7) is 2.05. The molecular weight excluding hydrogens is 309 g/mol. The van der Waals surface area contributed by atoms with Gasteiger partial charge >= 0.3 is 0 Å². The molecule has 0 atom stereocenters. The zero-order chi connectivity index (χ0) is 16.9. The van der Waals surface area contributed by atoms with E-state index < -0.39 is 0 Å². The summed E-state index contributed by atoms with van der Waals surface area (Å²) in [4.78, 5) is 17.6. The van der Waals surface area contributed by atoms with Gasteiger partial charge in [0.15, 0.2) is 0 Å². The van der Waals surface area contributed by atoms with E-state index in [0.717, 1.165) is 62.2 Å². The number of carbonyl (C=O) groups excluding carboxylic acids is 1. The van der Waals surface area contributed by atoms with Crippen molar-refractivity contribution in [3.63, 3.8) is 0 Å². The minimum Gasteiger partial charge on any atom is -0.385 e. The van der Waals surface area contributed by atoms with Gasteiger partial charge in [-0.15, -0.1) is 0 Å². The average Bonchev–Trinajstić information content (AvgIpc) is 3.38. The number of unbranched alkanes of at least 4 members (excludes halogenated alkanes) is 1. The van der Waals surface area contributed by atoms with Crippen molar-refractivity contribution >= 4 is 24.5 Å². The molecule has 0 N–H and O–H groups in total. The molecule has 2 aliphatic rings. The maximum atomic E-state index is 13.9. The number of ether oxygens (including phenoxy) is 1. The van der Waals surface area contributed by atoms with Crippen LogP contribution in [0.15, 0.2) is 17.0 Å². The summed E-state index contributed by atoms with van der Waals surface area (Å²) in [6, 6.07) is 0.339. The highest BCUT2D eigenvalue weighted by Crippen LogP contribution is 2.34. The molecule has 1 aliphatic heterocycles. The molecular formula is C18H24FN3O2. The third-order valence-corrected chi connectivity index (χ3v) is 4.47. The van der Waals surface area contributed by atoms with Crippen LogP contribution in [0, 0.1) is 0 Å². The molecule has 0 saturated heterocycles. The van der Waals surface area contributed by atoms with Crippen LogP contribution in [0.2, 0.25) is 0 Å². The van der Waals surface area contributed by atoms with Crippen molar-refractivity contribution in [3.05, 3.63) is 23.2 Å². The Bertz CT molecular complexity index is 647. The SMILES string of the molecule is COCCCCn1cc(CN(C=O)C2CC2)c2c1N=CCC(F)=C2. The Kier molecular flexibility index (Phi) is 5.45. The molecule has 1 aromatic heterocycles. The van der Waals surface area contributed by atoms with Crippen LogP contribution in [0.5, 0.6) is 0 Å². The third-order valence-electron chi connectivity index (χ3n) is 4.47. The number of methoxy groups -OCH3 is 1. The van der Waals surface area contributed by atoms with Crippen LogP contribution in [0.4, 0.5) is 10.2 Å². The predicted octanol–water partition coefficient (Wildman–Crippen LogP) is 3.45. The van der Waals surface area contributed by atoms with Crippen molar-refractivity contribution in [1.29, 1.82) is 0 Å². The van der Waals surface area contributed by atoms with Gasteiger partial charge in [0.1, 0.15) is 11.6 Å². The van der Waals surface area contributed by atoms with Crippen molar-refractivity contribution in [2.45, 2.75) is 51.2 Å². The minimum atomic E-state index is -0.194. The van der Waals surface area contributed by atoms with Gasteiger partial charge in [-0.05, 0) is 37.3 Å². The molecule has 0 spiro atoms. The monoisotopic (exact) mass is 333 g/mol. The lowest BCUT2D eigenvalue weighted by Crippen LogP contribution is -2.23. The topological polar surface area (TPSA) is 46.8 Å². The molecule has 0 radical (unpaired) electrons. The second-order valence-electron chi connectivity index (χ2n) is 6.40. The number of halogens is 1. The van der Waals surface area contributed by atoms with Crippen molar-refractivity contribution in [3.8, 4) is 0 Å². The maximum Gasteiger partial charge on any atom is 0.210 e. The largest absolute Gasteiger partial charge is 0.385 e. The number of carbonyl (C=O) groups is 1. The predicted molar refractivity (Wildman–Crippen MR) is 92.0 cm³/mol. The number of aryl methyl sites for hydroxylation is 1. The molecule has 2 heterocycles. The fourth-order valence-corrected chi connectivity index (χ4v) is 3.03. The highest BCUT2D eigenvalue weighted by molar-refractivity contribution is 5.77. The lowest BCUT2D eigenvalue weighted by Gasteiger charge is -2.16. The van der Waals surface area contributed by atoms with E-state index in [0.29, 0.717) is 12.6 Å². The molecule has 24 heavy (non-hydrogen) atoms. The first kappa shape index (κ1) is 16.9. The quantitative estimate of drug-likeness (QED) is 0.513. The fraction of sp³-hybridized carbons (Fsp3) is 0.556. The number of rotatable bonds is 9. The first-order valence-corrected chi connectivity index (χ1v) is 8.53. The summed E-state index contributed by atoms with van der Waals surface area (Å²) in [6.07, 6.45) is 10.4. The Morgan fingerprint density at radius 3 is 3.00 bits per heavy atom.